The summed E-state index contributed by atoms with van der Waals surface area (Å²) in [5.41, 5.74) is 22.4. The number of benzene rings is 12. The molecule has 1 unspecified atom stereocenters. The number of para-hydroxylation sites is 1. The van der Waals surface area contributed by atoms with E-state index in [4.69, 9.17) is 0 Å². The van der Waals surface area contributed by atoms with Crippen molar-refractivity contribution in [3.63, 3.8) is 0 Å². The van der Waals surface area contributed by atoms with Gasteiger partial charge in [-0.05, 0) is 143 Å². The Morgan fingerprint density at radius 2 is 0.880 bits per heavy atom. The van der Waals surface area contributed by atoms with Crippen molar-refractivity contribution < 1.29 is 0 Å². The standard InChI is InChI=1S/C74H53N/c1-4-20-52(21-5-1)53-38-42-62(43-39-53)75-72-36-15-13-33-68(72)69-49-58(41-46-73(69)75)57-26-17-25-56(48-57)55-24-16-19-51(47-55)37-44-64(65-34-18-23-54-22-10-11-31-63(54)65)59-40-45-67-66-32-12-14-35-70(66)74(71(67)50-59,60-27-6-2-7-28-60)61-29-8-3-9-30-61/h1-36,38-43,45-50,64H,37,44H2. The maximum Gasteiger partial charge on any atom is 0.0713 e. The fourth-order valence-corrected chi connectivity index (χ4v) is 12.7. The van der Waals surface area contributed by atoms with Gasteiger partial charge in [-0.25, -0.2) is 0 Å². The van der Waals surface area contributed by atoms with Crippen LogP contribution in [0.3, 0.4) is 0 Å². The summed E-state index contributed by atoms with van der Waals surface area (Å²) in [5, 5.41) is 5.10. The Bertz CT molecular complexity index is 4180. The number of nitrogens with zero attached hydrogens (tertiary/aromatic N) is 1. The molecule has 1 aliphatic rings. The summed E-state index contributed by atoms with van der Waals surface area (Å²) in [7, 11) is 0. The Morgan fingerprint density at radius 3 is 1.65 bits per heavy atom. The van der Waals surface area contributed by atoms with Gasteiger partial charge in [0.25, 0.3) is 0 Å². The molecule has 0 bridgehead atoms. The molecule has 1 aromatic heterocycles. The molecular formula is C74H53N. The molecule has 13 aromatic rings. The molecule has 1 heterocycles. The fourth-order valence-electron chi connectivity index (χ4n) is 12.7. The van der Waals surface area contributed by atoms with Crippen LogP contribution in [0.5, 0.6) is 0 Å². The van der Waals surface area contributed by atoms with Crippen molar-refractivity contribution in [2.45, 2.75) is 24.2 Å². The van der Waals surface area contributed by atoms with Gasteiger partial charge >= 0.3 is 0 Å². The highest BCUT2D eigenvalue weighted by Gasteiger charge is 2.46. The summed E-state index contributed by atoms with van der Waals surface area (Å²) in [6.45, 7) is 0. The molecule has 12 aromatic carbocycles. The summed E-state index contributed by atoms with van der Waals surface area (Å²) in [6, 6.07) is 108. The van der Waals surface area contributed by atoms with Crippen molar-refractivity contribution in [3.05, 3.63) is 330 Å². The minimum absolute atomic E-state index is 0.149. The van der Waals surface area contributed by atoms with Crippen LogP contribution in [0.25, 0.3) is 82.8 Å². The van der Waals surface area contributed by atoms with Crippen LogP contribution in [0, 0.1) is 0 Å². The molecule has 354 valence electrons. The van der Waals surface area contributed by atoms with Crippen LogP contribution < -0.4 is 0 Å². The van der Waals surface area contributed by atoms with Crippen molar-refractivity contribution in [2.75, 3.05) is 0 Å². The van der Waals surface area contributed by atoms with Crippen LogP contribution in [0.4, 0.5) is 0 Å². The molecule has 0 aliphatic heterocycles. The van der Waals surface area contributed by atoms with E-state index < -0.39 is 5.41 Å². The molecule has 1 nitrogen and oxygen atoms in total. The molecule has 0 radical (unpaired) electrons. The monoisotopic (exact) mass is 955 g/mol. The molecule has 0 spiro atoms. The third-order valence-corrected chi connectivity index (χ3v) is 16.2. The van der Waals surface area contributed by atoms with Gasteiger partial charge in [-0.15, -0.1) is 0 Å². The SMILES string of the molecule is c1ccc(-c2ccc(-n3c4ccccc4c4cc(-c5cccc(-c6cccc(CCC(c7ccc8c(c7)C(c7ccccc7)(c7ccccc7)c7ccccc7-8)c7cccc8ccccc78)c6)c5)ccc43)cc2)cc1. The van der Waals surface area contributed by atoms with Crippen molar-refractivity contribution >= 4 is 32.6 Å². The number of hydrogen-bond acceptors (Lipinski definition) is 0. The Hall–Kier alpha value is -9.30. The number of hydrogen-bond donors (Lipinski definition) is 0. The zero-order chi connectivity index (χ0) is 49.7. The summed E-state index contributed by atoms with van der Waals surface area (Å²) < 4.78 is 2.40. The van der Waals surface area contributed by atoms with Gasteiger partial charge in [0.05, 0.1) is 16.4 Å². The van der Waals surface area contributed by atoms with E-state index in [2.05, 4.69) is 296 Å². The Balaban J connectivity index is 0.813. The number of aromatic nitrogens is 1. The molecule has 0 saturated carbocycles. The average Bonchev–Trinajstić information content (AvgIpc) is 3.98. The molecule has 75 heavy (non-hydrogen) atoms. The Morgan fingerprint density at radius 1 is 0.333 bits per heavy atom. The first-order chi connectivity index (χ1) is 37.2. The van der Waals surface area contributed by atoms with Gasteiger partial charge in [-0.1, -0.05) is 255 Å². The normalized spacial score (nSPS) is 13.0. The van der Waals surface area contributed by atoms with E-state index >= 15 is 0 Å². The van der Waals surface area contributed by atoms with Crippen LogP contribution in [0.1, 0.15) is 51.3 Å². The van der Waals surface area contributed by atoms with E-state index in [9.17, 15) is 0 Å². The first-order valence-electron chi connectivity index (χ1n) is 26.4. The lowest BCUT2D eigenvalue weighted by atomic mass is 9.67. The largest absolute Gasteiger partial charge is 0.309 e. The third kappa shape index (κ3) is 7.62. The van der Waals surface area contributed by atoms with Gasteiger partial charge in [0.2, 0.25) is 0 Å². The molecule has 0 saturated heterocycles. The third-order valence-electron chi connectivity index (χ3n) is 16.2. The predicted octanol–water partition coefficient (Wildman–Crippen LogP) is 19.1. The Labute approximate surface area is 439 Å². The van der Waals surface area contributed by atoms with E-state index in [-0.39, 0.29) is 5.92 Å². The zero-order valence-electron chi connectivity index (χ0n) is 41.7. The second kappa shape index (κ2) is 18.6. The van der Waals surface area contributed by atoms with E-state index in [1.54, 1.807) is 0 Å². The van der Waals surface area contributed by atoms with Crippen LogP contribution in [0.15, 0.2) is 291 Å². The van der Waals surface area contributed by atoms with Crippen molar-refractivity contribution in [2.24, 2.45) is 0 Å². The molecular weight excluding hydrogens is 903 g/mol. The minimum Gasteiger partial charge on any atom is -0.309 e. The van der Waals surface area contributed by atoms with Gasteiger partial charge in [-0.2, -0.15) is 0 Å². The lowest BCUT2D eigenvalue weighted by Gasteiger charge is -2.34. The smallest absolute Gasteiger partial charge is 0.0713 e. The van der Waals surface area contributed by atoms with Crippen LogP contribution in [-0.4, -0.2) is 4.57 Å². The van der Waals surface area contributed by atoms with Crippen LogP contribution >= 0.6 is 0 Å². The van der Waals surface area contributed by atoms with E-state index in [1.807, 2.05) is 0 Å². The van der Waals surface area contributed by atoms with Crippen LogP contribution in [-0.2, 0) is 11.8 Å². The summed E-state index contributed by atoms with van der Waals surface area (Å²) in [6.07, 6.45) is 1.88. The maximum absolute atomic E-state index is 2.57. The van der Waals surface area contributed by atoms with Gasteiger partial charge < -0.3 is 4.57 Å². The first-order valence-corrected chi connectivity index (χ1v) is 26.4. The highest BCUT2D eigenvalue weighted by Crippen LogP contribution is 2.57. The second-order valence-electron chi connectivity index (χ2n) is 20.3. The predicted molar refractivity (Wildman–Crippen MR) is 315 cm³/mol. The molecule has 0 amide bonds. The minimum atomic E-state index is -0.461. The number of aryl methyl sites for hydroxylation is 1. The van der Waals surface area contributed by atoms with Gasteiger partial charge in [-0.3, -0.25) is 0 Å². The van der Waals surface area contributed by atoms with Crippen molar-refractivity contribution in [1.82, 2.24) is 4.57 Å². The average molecular weight is 956 g/mol. The lowest BCUT2D eigenvalue weighted by Crippen LogP contribution is -2.28. The van der Waals surface area contributed by atoms with E-state index in [0.717, 1.165) is 18.5 Å². The summed E-state index contributed by atoms with van der Waals surface area (Å²) in [5.74, 6) is 0.149. The Kier molecular flexibility index (Phi) is 11.0. The number of rotatable bonds is 11. The summed E-state index contributed by atoms with van der Waals surface area (Å²) in [4.78, 5) is 0. The van der Waals surface area contributed by atoms with Gasteiger partial charge in [0, 0.05) is 22.4 Å². The van der Waals surface area contributed by atoms with Crippen LogP contribution in [0.2, 0.25) is 0 Å². The van der Waals surface area contributed by atoms with E-state index in [0.29, 0.717) is 0 Å². The van der Waals surface area contributed by atoms with Crippen molar-refractivity contribution in [1.29, 1.82) is 0 Å². The molecule has 1 heteroatoms. The molecule has 0 fully saturated rings. The summed E-state index contributed by atoms with van der Waals surface area (Å²) >= 11 is 0. The molecule has 1 atom stereocenters. The fraction of sp³-hybridized carbons (Fsp3) is 0.0541. The number of fused-ring (bicyclic) bond motifs is 7. The maximum atomic E-state index is 2.57. The molecule has 1 aliphatic carbocycles. The van der Waals surface area contributed by atoms with E-state index in [1.165, 1.54) is 116 Å². The molecule has 0 N–H and O–H groups in total. The lowest BCUT2D eigenvalue weighted by molar-refractivity contribution is 0.713. The van der Waals surface area contributed by atoms with Gasteiger partial charge in [0.1, 0.15) is 0 Å². The first kappa shape index (κ1) is 44.4. The molecule has 14 rings (SSSR count). The van der Waals surface area contributed by atoms with Gasteiger partial charge in [0.15, 0.2) is 0 Å². The highest BCUT2D eigenvalue weighted by molar-refractivity contribution is 6.10. The second-order valence-corrected chi connectivity index (χ2v) is 20.3. The zero-order valence-corrected chi connectivity index (χ0v) is 41.7. The van der Waals surface area contributed by atoms with Crippen molar-refractivity contribution in [3.8, 4) is 50.2 Å². The topological polar surface area (TPSA) is 4.93 Å². The quantitative estimate of drug-likeness (QED) is 0.122. The highest BCUT2D eigenvalue weighted by atomic mass is 15.0.